The molecular formula is C20H13ClF4N4O2. The van der Waals surface area contributed by atoms with Gasteiger partial charge in [0.25, 0.3) is 5.91 Å². The molecule has 31 heavy (non-hydrogen) atoms. The van der Waals surface area contributed by atoms with Crippen molar-refractivity contribution in [3.05, 3.63) is 70.1 Å². The number of hydrogen-bond acceptors (Lipinski definition) is 4. The standard InChI is InChI=1S/C20H13ClF4N4O2/c1-9-17(21)18(20(23,24)25)28-29(9)12-5-3-4-11(6-12)19(30)27-14-8-16-15(7-13(14)22)26-10(2)31-16/h3-8H,1-2H3,(H,27,30). The molecule has 0 atom stereocenters. The number of amides is 1. The Morgan fingerprint density at radius 2 is 1.94 bits per heavy atom. The van der Waals surface area contributed by atoms with Crippen molar-refractivity contribution >= 4 is 34.3 Å². The molecule has 0 aliphatic heterocycles. The number of alkyl halides is 3. The van der Waals surface area contributed by atoms with Crippen molar-refractivity contribution in [3.8, 4) is 5.69 Å². The lowest BCUT2D eigenvalue weighted by Gasteiger charge is -2.09. The third-order valence-corrected chi connectivity index (χ3v) is 4.95. The highest BCUT2D eigenvalue weighted by atomic mass is 35.5. The second kappa shape index (κ2) is 7.38. The maximum Gasteiger partial charge on any atom is 0.436 e. The first-order valence-electron chi connectivity index (χ1n) is 8.85. The van der Waals surface area contributed by atoms with E-state index in [0.29, 0.717) is 17.0 Å². The summed E-state index contributed by atoms with van der Waals surface area (Å²) >= 11 is 5.79. The number of carbonyl (C=O) groups excluding carboxylic acids is 1. The van der Waals surface area contributed by atoms with E-state index in [1.807, 2.05) is 0 Å². The number of fused-ring (bicyclic) bond motifs is 1. The molecule has 0 aliphatic rings. The zero-order valence-electron chi connectivity index (χ0n) is 16.0. The van der Waals surface area contributed by atoms with Gasteiger partial charge in [-0.2, -0.15) is 18.3 Å². The highest BCUT2D eigenvalue weighted by Gasteiger charge is 2.38. The average molecular weight is 453 g/mol. The number of aryl methyl sites for hydroxylation is 1. The number of rotatable bonds is 3. The second-order valence-corrected chi connectivity index (χ2v) is 7.07. The number of aromatic nitrogens is 3. The van der Waals surface area contributed by atoms with Crippen LogP contribution in [0.2, 0.25) is 5.02 Å². The highest BCUT2D eigenvalue weighted by molar-refractivity contribution is 6.32. The minimum Gasteiger partial charge on any atom is -0.441 e. The lowest BCUT2D eigenvalue weighted by atomic mass is 10.1. The summed E-state index contributed by atoms with van der Waals surface area (Å²) in [5, 5.41) is 5.43. The van der Waals surface area contributed by atoms with Crippen molar-refractivity contribution < 1.29 is 26.8 Å². The van der Waals surface area contributed by atoms with E-state index in [1.165, 1.54) is 37.3 Å². The molecule has 11 heteroatoms. The van der Waals surface area contributed by atoms with Crippen LogP contribution in [0.1, 0.15) is 27.6 Å². The molecule has 2 heterocycles. The summed E-state index contributed by atoms with van der Waals surface area (Å²) in [5.74, 6) is -1.05. The molecule has 6 nitrogen and oxygen atoms in total. The fraction of sp³-hybridized carbons (Fsp3) is 0.150. The van der Waals surface area contributed by atoms with Gasteiger partial charge in [-0.3, -0.25) is 4.79 Å². The van der Waals surface area contributed by atoms with E-state index >= 15 is 0 Å². The van der Waals surface area contributed by atoms with E-state index in [2.05, 4.69) is 15.4 Å². The van der Waals surface area contributed by atoms with E-state index in [4.69, 9.17) is 16.0 Å². The average Bonchev–Trinajstić information content (AvgIpc) is 3.20. The summed E-state index contributed by atoms with van der Waals surface area (Å²) < 4.78 is 59.9. The van der Waals surface area contributed by atoms with Gasteiger partial charge < -0.3 is 9.73 Å². The molecule has 0 aliphatic carbocycles. The van der Waals surface area contributed by atoms with Gasteiger partial charge in [0.05, 0.1) is 22.1 Å². The summed E-state index contributed by atoms with van der Waals surface area (Å²) in [6.45, 7) is 2.98. The minimum atomic E-state index is -4.72. The van der Waals surface area contributed by atoms with Crippen molar-refractivity contribution in [2.45, 2.75) is 20.0 Å². The molecule has 0 unspecified atom stereocenters. The van der Waals surface area contributed by atoms with Gasteiger partial charge >= 0.3 is 6.18 Å². The predicted octanol–water partition coefficient (Wildman–Crippen LogP) is 5.69. The molecule has 4 aromatic rings. The molecule has 0 saturated carbocycles. The zero-order valence-corrected chi connectivity index (χ0v) is 16.8. The summed E-state index contributed by atoms with van der Waals surface area (Å²) in [5.41, 5.74) is -0.430. The Hall–Kier alpha value is -3.40. The summed E-state index contributed by atoms with van der Waals surface area (Å²) in [7, 11) is 0. The number of anilines is 1. The minimum absolute atomic E-state index is 0.0590. The highest BCUT2D eigenvalue weighted by Crippen LogP contribution is 2.36. The number of carbonyl (C=O) groups is 1. The SMILES string of the molecule is Cc1nc2cc(F)c(NC(=O)c3cccc(-n4nc(C(F)(F)F)c(Cl)c4C)c3)cc2o1. The molecule has 0 bridgehead atoms. The van der Waals surface area contributed by atoms with Crippen LogP contribution in [-0.2, 0) is 6.18 Å². The zero-order chi connectivity index (χ0) is 22.5. The van der Waals surface area contributed by atoms with E-state index in [9.17, 15) is 22.4 Å². The molecule has 2 aromatic heterocycles. The van der Waals surface area contributed by atoms with Crippen LogP contribution in [0.3, 0.4) is 0 Å². The first-order chi connectivity index (χ1) is 14.5. The maximum atomic E-state index is 14.3. The number of nitrogens with zero attached hydrogens (tertiary/aromatic N) is 3. The molecule has 4 rings (SSSR count). The normalized spacial score (nSPS) is 11.8. The lowest BCUT2D eigenvalue weighted by Crippen LogP contribution is -2.14. The van der Waals surface area contributed by atoms with Gasteiger partial charge in [-0.05, 0) is 25.1 Å². The summed E-state index contributed by atoms with van der Waals surface area (Å²) in [6, 6.07) is 8.12. The number of benzene rings is 2. The van der Waals surface area contributed by atoms with Crippen LogP contribution >= 0.6 is 11.6 Å². The molecule has 160 valence electrons. The van der Waals surface area contributed by atoms with E-state index in [-0.39, 0.29) is 22.6 Å². The van der Waals surface area contributed by atoms with E-state index in [1.54, 1.807) is 6.92 Å². The van der Waals surface area contributed by atoms with E-state index < -0.39 is 28.6 Å². The quantitative estimate of drug-likeness (QED) is 0.405. The summed E-state index contributed by atoms with van der Waals surface area (Å²) in [4.78, 5) is 16.7. The van der Waals surface area contributed by atoms with Crippen LogP contribution in [0.25, 0.3) is 16.8 Å². The van der Waals surface area contributed by atoms with Gasteiger partial charge in [0.1, 0.15) is 11.3 Å². The number of halogens is 5. The van der Waals surface area contributed by atoms with Gasteiger partial charge in [-0.15, -0.1) is 0 Å². The Labute approximate surface area is 177 Å². The van der Waals surface area contributed by atoms with Crippen LogP contribution < -0.4 is 5.32 Å². The maximum absolute atomic E-state index is 14.3. The molecule has 2 aromatic carbocycles. The molecule has 1 N–H and O–H groups in total. The number of nitrogens with one attached hydrogen (secondary N) is 1. The number of oxazole rings is 1. The van der Waals surface area contributed by atoms with Gasteiger partial charge in [-0.25, -0.2) is 14.1 Å². The smallest absolute Gasteiger partial charge is 0.436 e. The van der Waals surface area contributed by atoms with Crippen molar-refractivity contribution in [2.24, 2.45) is 0 Å². The van der Waals surface area contributed by atoms with Crippen molar-refractivity contribution in [2.75, 3.05) is 5.32 Å². The first-order valence-corrected chi connectivity index (χ1v) is 9.23. The monoisotopic (exact) mass is 452 g/mol. The third-order valence-electron chi connectivity index (χ3n) is 4.50. The topological polar surface area (TPSA) is 73.0 Å². The van der Waals surface area contributed by atoms with Crippen LogP contribution in [-0.4, -0.2) is 20.7 Å². The van der Waals surface area contributed by atoms with Crippen LogP contribution in [0.15, 0.2) is 40.8 Å². The fourth-order valence-corrected chi connectivity index (χ4v) is 3.27. The predicted molar refractivity (Wildman–Crippen MR) is 105 cm³/mol. The van der Waals surface area contributed by atoms with E-state index in [0.717, 1.165) is 10.7 Å². The third kappa shape index (κ3) is 3.86. The van der Waals surface area contributed by atoms with Crippen LogP contribution in [0.4, 0.5) is 23.2 Å². The first kappa shape index (κ1) is 20.9. The van der Waals surface area contributed by atoms with Crippen molar-refractivity contribution in [3.63, 3.8) is 0 Å². The Bertz CT molecular complexity index is 1330. The molecule has 0 spiro atoms. The van der Waals surface area contributed by atoms with Crippen LogP contribution in [0.5, 0.6) is 0 Å². The Kier molecular flexibility index (Phi) is 4.97. The van der Waals surface area contributed by atoms with Crippen molar-refractivity contribution in [1.82, 2.24) is 14.8 Å². The van der Waals surface area contributed by atoms with Gasteiger partial charge in [-0.1, -0.05) is 17.7 Å². The molecule has 0 saturated heterocycles. The molecule has 0 radical (unpaired) electrons. The lowest BCUT2D eigenvalue weighted by molar-refractivity contribution is -0.141. The summed E-state index contributed by atoms with van der Waals surface area (Å²) in [6.07, 6.45) is -4.72. The van der Waals surface area contributed by atoms with Crippen molar-refractivity contribution in [1.29, 1.82) is 0 Å². The molecule has 0 fully saturated rings. The van der Waals surface area contributed by atoms with Gasteiger partial charge in [0.15, 0.2) is 17.2 Å². The molecular weight excluding hydrogens is 440 g/mol. The number of hydrogen-bond donors (Lipinski definition) is 1. The Balaban J connectivity index is 1.66. The second-order valence-electron chi connectivity index (χ2n) is 6.69. The van der Waals surface area contributed by atoms with Gasteiger partial charge in [0, 0.05) is 24.6 Å². The molecule has 1 amide bonds. The Morgan fingerprint density at radius 1 is 1.19 bits per heavy atom. The Morgan fingerprint density at radius 3 is 2.61 bits per heavy atom. The van der Waals surface area contributed by atoms with Gasteiger partial charge in [0.2, 0.25) is 0 Å². The largest absolute Gasteiger partial charge is 0.441 e. The fourth-order valence-electron chi connectivity index (χ4n) is 3.05. The van der Waals surface area contributed by atoms with Crippen LogP contribution in [0, 0.1) is 19.7 Å².